The molecule has 0 fully saturated rings. The standard InChI is InChI=1S/C12H9ClF3NO3/c1-2-19-11(18)10-7(5-13)3-9(4-8(10)6-17)20-12(14,15)16/h3-4H,2,5H2,1H3. The molecule has 1 aromatic rings. The summed E-state index contributed by atoms with van der Waals surface area (Å²) in [4.78, 5) is 11.7. The first-order valence-electron chi connectivity index (χ1n) is 5.38. The van der Waals surface area contributed by atoms with E-state index in [1.54, 1.807) is 13.0 Å². The Bertz CT molecular complexity index is 552. The first kappa shape index (κ1) is 16.1. The molecule has 0 aliphatic rings. The van der Waals surface area contributed by atoms with Gasteiger partial charge in [0, 0.05) is 5.88 Å². The van der Waals surface area contributed by atoms with Crippen molar-refractivity contribution in [1.82, 2.24) is 0 Å². The van der Waals surface area contributed by atoms with Crippen molar-refractivity contribution in [3.8, 4) is 11.8 Å². The molecule has 0 aliphatic heterocycles. The van der Waals surface area contributed by atoms with Gasteiger partial charge in [-0.2, -0.15) is 5.26 Å². The fourth-order valence-corrected chi connectivity index (χ4v) is 1.71. The molecular formula is C12H9ClF3NO3. The van der Waals surface area contributed by atoms with Crippen LogP contribution in [0.3, 0.4) is 0 Å². The maximum absolute atomic E-state index is 12.2. The number of esters is 1. The highest BCUT2D eigenvalue weighted by molar-refractivity contribution is 6.17. The minimum Gasteiger partial charge on any atom is -0.462 e. The van der Waals surface area contributed by atoms with E-state index in [2.05, 4.69) is 4.74 Å². The molecule has 0 bridgehead atoms. The van der Waals surface area contributed by atoms with Crippen molar-refractivity contribution in [2.45, 2.75) is 19.2 Å². The van der Waals surface area contributed by atoms with Crippen molar-refractivity contribution in [2.75, 3.05) is 6.61 Å². The fraction of sp³-hybridized carbons (Fsp3) is 0.333. The summed E-state index contributed by atoms with van der Waals surface area (Å²) in [5.74, 6) is -1.70. The maximum atomic E-state index is 12.2. The Kier molecular flexibility index (Phi) is 5.22. The average molecular weight is 308 g/mol. The Balaban J connectivity index is 3.33. The van der Waals surface area contributed by atoms with Gasteiger partial charge in [-0.1, -0.05) is 0 Å². The van der Waals surface area contributed by atoms with Crippen LogP contribution in [0.2, 0.25) is 0 Å². The summed E-state index contributed by atoms with van der Waals surface area (Å²) < 4.78 is 44.9. The second-order valence-corrected chi connectivity index (χ2v) is 3.79. The van der Waals surface area contributed by atoms with Crippen LogP contribution in [0, 0.1) is 11.3 Å². The minimum absolute atomic E-state index is 0.0309. The number of carbonyl (C=O) groups excluding carboxylic acids is 1. The molecule has 0 aliphatic carbocycles. The third-order valence-electron chi connectivity index (χ3n) is 2.17. The minimum atomic E-state index is -4.90. The second-order valence-electron chi connectivity index (χ2n) is 3.52. The lowest BCUT2D eigenvalue weighted by Gasteiger charge is -2.13. The summed E-state index contributed by atoms with van der Waals surface area (Å²) in [6, 6.07) is 3.40. The lowest BCUT2D eigenvalue weighted by Crippen LogP contribution is -2.18. The normalized spacial score (nSPS) is 10.8. The van der Waals surface area contributed by atoms with Crippen molar-refractivity contribution in [1.29, 1.82) is 5.26 Å². The van der Waals surface area contributed by atoms with E-state index in [0.29, 0.717) is 0 Å². The van der Waals surface area contributed by atoms with Crippen molar-refractivity contribution in [2.24, 2.45) is 0 Å². The van der Waals surface area contributed by atoms with Gasteiger partial charge in [-0.05, 0) is 24.6 Å². The molecule has 4 nitrogen and oxygen atoms in total. The van der Waals surface area contributed by atoms with Crippen LogP contribution in [-0.2, 0) is 10.6 Å². The molecule has 1 aromatic carbocycles. The third kappa shape index (κ3) is 4.03. The molecule has 0 saturated heterocycles. The number of hydrogen-bond donors (Lipinski definition) is 0. The van der Waals surface area contributed by atoms with Crippen LogP contribution < -0.4 is 4.74 Å². The Hall–Kier alpha value is -1.94. The van der Waals surface area contributed by atoms with E-state index in [1.165, 1.54) is 0 Å². The molecule has 0 aromatic heterocycles. The van der Waals surface area contributed by atoms with E-state index in [9.17, 15) is 18.0 Å². The van der Waals surface area contributed by atoms with Crippen molar-refractivity contribution >= 4 is 17.6 Å². The molecule has 0 radical (unpaired) electrons. The summed E-state index contributed by atoms with van der Waals surface area (Å²) in [6.07, 6.45) is -4.90. The lowest BCUT2D eigenvalue weighted by atomic mass is 10.0. The molecule has 8 heteroatoms. The number of alkyl halides is 4. The molecule has 1 rings (SSSR count). The number of hydrogen-bond acceptors (Lipinski definition) is 4. The fourth-order valence-electron chi connectivity index (χ4n) is 1.50. The van der Waals surface area contributed by atoms with Gasteiger partial charge in [-0.3, -0.25) is 0 Å². The van der Waals surface area contributed by atoms with Gasteiger partial charge in [0.1, 0.15) is 11.8 Å². The van der Waals surface area contributed by atoms with Crippen LogP contribution >= 0.6 is 11.6 Å². The molecule has 108 valence electrons. The predicted molar refractivity (Wildman–Crippen MR) is 63.4 cm³/mol. The third-order valence-corrected chi connectivity index (χ3v) is 2.46. The summed E-state index contributed by atoms with van der Waals surface area (Å²) in [5, 5.41) is 8.94. The SMILES string of the molecule is CCOC(=O)c1c(C#N)cc(OC(F)(F)F)cc1CCl. The number of carbonyl (C=O) groups is 1. The zero-order valence-corrected chi connectivity index (χ0v) is 11.0. The molecule has 0 N–H and O–H groups in total. The number of halogens is 4. The Labute approximate surface area is 117 Å². The molecule has 0 heterocycles. The van der Waals surface area contributed by atoms with Gasteiger partial charge in [-0.25, -0.2) is 4.79 Å². The molecule has 0 atom stereocenters. The van der Waals surface area contributed by atoms with Crippen LogP contribution in [-0.4, -0.2) is 18.9 Å². The van der Waals surface area contributed by atoms with E-state index in [1.807, 2.05) is 0 Å². The van der Waals surface area contributed by atoms with Gasteiger partial charge in [0.2, 0.25) is 0 Å². The highest BCUT2D eigenvalue weighted by atomic mass is 35.5. The topological polar surface area (TPSA) is 59.3 Å². The van der Waals surface area contributed by atoms with Crippen LogP contribution in [0.1, 0.15) is 28.4 Å². The molecule has 0 unspecified atom stereocenters. The number of benzene rings is 1. The predicted octanol–water partition coefficient (Wildman–Crippen LogP) is 3.37. The summed E-state index contributed by atoms with van der Waals surface area (Å²) in [7, 11) is 0. The molecular weight excluding hydrogens is 299 g/mol. The van der Waals surface area contributed by atoms with E-state index in [-0.39, 0.29) is 29.2 Å². The Morgan fingerprint density at radius 3 is 2.55 bits per heavy atom. The molecule has 0 saturated carbocycles. The largest absolute Gasteiger partial charge is 0.573 e. The van der Waals surface area contributed by atoms with Crippen LogP contribution in [0.15, 0.2) is 12.1 Å². The van der Waals surface area contributed by atoms with Gasteiger partial charge in [0.25, 0.3) is 0 Å². The quantitative estimate of drug-likeness (QED) is 0.632. The van der Waals surface area contributed by atoms with Crippen molar-refractivity contribution < 1.29 is 27.4 Å². The van der Waals surface area contributed by atoms with Gasteiger partial charge >= 0.3 is 12.3 Å². The number of nitrogens with zero attached hydrogens (tertiary/aromatic N) is 1. The number of nitriles is 1. The smallest absolute Gasteiger partial charge is 0.462 e. The van der Waals surface area contributed by atoms with Crippen LogP contribution in [0.25, 0.3) is 0 Å². The Morgan fingerprint density at radius 1 is 1.45 bits per heavy atom. The zero-order chi connectivity index (χ0) is 15.3. The first-order valence-corrected chi connectivity index (χ1v) is 5.91. The molecule has 0 amide bonds. The highest BCUT2D eigenvalue weighted by Gasteiger charge is 2.32. The molecule has 20 heavy (non-hydrogen) atoms. The van der Waals surface area contributed by atoms with Crippen LogP contribution in [0.4, 0.5) is 13.2 Å². The van der Waals surface area contributed by atoms with Crippen molar-refractivity contribution in [3.05, 3.63) is 28.8 Å². The van der Waals surface area contributed by atoms with Gasteiger partial charge in [-0.15, -0.1) is 24.8 Å². The summed E-state index contributed by atoms with van der Waals surface area (Å²) >= 11 is 5.59. The van der Waals surface area contributed by atoms with Gasteiger partial charge in [0.15, 0.2) is 0 Å². The average Bonchev–Trinajstić information content (AvgIpc) is 2.35. The summed E-state index contributed by atoms with van der Waals surface area (Å²) in [6.45, 7) is 1.62. The van der Waals surface area contributed by atoms with Crippen LogP contribution in [0.5, 0.6) is 5.75 Å². The van der Waals surface area contributed by atoms with Crippen molar-refractivity contribution in [3.63, 3.8) is 0 Å². The lowest BCUT2D eigenvalue weighted by molar-refractivity contribution is -0.274. The van der Waals surface area contributed by atoms with E-state index in [4.69, 9.17) is 21.6 Å². The van der Waals surface area contributed by atoms with E-state index < -0.39 is 18.1 Å². The summed E-state index contributed by atoms with van der Waals surface area (Å²) in [5.41, 5.74) is -0.414. The Morgan fingerprint density at radius 2 is 2.10 bits per heavy atom. The zero-order valence-electron chi connectivity index (χ0n) is 10.3. The maximum Gasteiger partial charge on any atom is 0.573 e. The highest BCUT2D eigenvalue weighted by Crippen LogP contribution is 2.29. The van der Waals surface area contributed by atoms with Gasteiger partial charge < -0.3 is 9.47 Å². The van der Waals surface area contributed by atoms with E-state index in [0.717, 1.165) is 12.1 Å². The molecule has 0 spiro atoms. The monoisotopic (exact) mass is 307 g/mol. The number of ether oxygens (including phenoxy) is 2. The van der Waals surface area contributed by atoms with Gasteiger partial charge in [0.05, 0.1) is 17.7 Å². The first-order chi connectivity index (χ1) is 9.32. The van der Waals surface area contributed by atoms with E-state index >= 15 is 0 Å². The second kappa shape index (κ2) is 6.48. The number of rotatable bonds is 4.